The van der Waals surface area contributed by atoms with Gasteiger partial charge in [-0.2, -0.15) is 0 Å². The average molecular weight is 270 g/mol. The SMILES string of the molecule is N[C@H](C=O)Cc1ccc(O)c(-c2ccccc2C[O])c1. The number of phenolic OH excluding ortho intramolecular Hbond substituents is 1. The number of carbonyl (C=O) groups excluding carboxylic acids is 1. The van der Waals surface area contributed by atoms with Crippen molar-refractivity contribution in [2.75, 3.05) is 0 Å². The van der Waals surface area contributed by atoms with Gasteiger partial charge in [0.05, 0.1) is 6.04 Å². The molecule has 103 valence electrons. The molecule has 4 heteroatoms. The number of rotatable bonds is 5. The molecule has 0 bridgehead atoms. The summed E-state index contributed by atoms with van der Waals surface area (Å²) in [7, 11) is 0. The lowest BCUT2D eigenvalue weighted by atomic mass is 9.96. The van der Waals surface area contributed by atoms with Gasteiger partial charge in [0.1, 0.15) is 18.6 Å². The summed E-state index contributed by atoms with van der Waals surface area (Å²) in [5.74, 6) is 0.106. The van der Waals surface area contributed by atoms with Crippen LogP contribution in [0.4, 0.5) is 0 Å². The Morgan fingerprint density at radius 2 is 1.90 bits per heavy atom. The first kappa shape index (κ1) is 14.2. The first-order valence-electron chi connectivity index (χ1n) is 6.35. The third-order valence-electron chi connectivity index (χ3n) is 3.17. The van der Waals surface area contributed by atoms with Crippen molar-refractivity contribution in [1.29, 1.82) is 0 Å². The molecule has 2 aromatic carbocycles. The lowest BCUT2D eigenvalue weighted by Gasteiger charge is -2.12. The van der Waals surface area contributed by atoms with Crippen molar-refractivity contribution in [2.24, 2.45) is 5.73 Å². The molecule has 0 saturated carbocycles. The molecule has 0 aliphatic rings. The molecule has 1 radical (unpaired) electrons. The third-order valence-corrected chi connectivity index (χ3v) is 3.17. The minimum atomic E-state index is -0.567. The minimum absolute atomic E-state index is 0.106. The minimum Gasteiger partial charge on any atom is -0.507 e. The van der Waals surface area contributed by atoms with Crippen molar-refractivity contribution in [2.45, 2.75) is 19.1 Å². The first-order valence-corrected chi connectivity index (χ1v) is 6.35. The molecule has 2 aromatic rings. The lowest BCUT2D eigenvalue weighted by Crippen LogP contribution is -2.24. The van der Waals surface area contributed by atoms with E-state index in [1.165, 1.54) is 0 Å². The molecule has 0 heterocycles. The number of aromatic hydroxyl groups is 1. The summed E-state index contributed by atoms with van der Waals surface area (Å²) in [6, 6.07) is 11.6. The van der Waals surface area contributed by atoms with Crippen molar-refractivity contribution in [3.8, 4) is 16.9 Å². The van der Waals surface area contributed by atoms with Crippen LogP contribution in [0.2, 0.25) is 0 Å². The van der Waals surface area contributed by atoms with Gasteiger partial charge in [0.15, 0.2) is 0 Å². The lowest BCUT2D eigenvalue weighted by molar-refractivity contribution is -0.108. The van der Waals surface area contributed by atoms with E-state index in [0.29, 0.717) is 29.4 Å². The topological polar surface area (TPSA) is 83.2 Å². The standard InChI is InChI=1S/C16H16NO3/c17-13(10-19)7-11-5-6-16(20)15(8-11)14-4-2-1-3-12(14)9-18/h1-6,8,10,13,20H,7,9,17H2/t13-/m0/s1. The van der Waals surface area contributed by atoms with E-state index in [9.17, 15) is 15.0 Å². The predicted octanol–water partition coefficient (Wildman–Crippen LogP) is 2.06. The van der Waals surface area contributed by atoms with Gasteiger partial charge >= 0.3 is 0 Å². The van der Waals surface area contributed by atoms with Gasteiger partial charge in [-0.25, -0.2) is 5.11 Å². The fraction of sp³-hybridized carbons (Fsp3) is 0.188. The molecule has 3 N–H and O–H groups in total. The fourth-order valence-corrected chi connectivity index (χ4v) is 2.16. The van der Waals surface area contributed by atoms with Crippen molar-refractivity contribution < 1.29 is 15.0 Å². The largest absolute Gasteiger partial charge is 0.507 e. The van der Waals surface area contributed by atoms with Gasteiger partial charge in [-0.1, -0.05) is 30.3 Å². The maximum atomic E-state index is 11.2. The third kappa shape index (κ3) is 3.04. The van der Waals surface area contributed by atoms with Crippen LogP contribution in [0.3, 0.4) is 0 Å². The van der Waals surface area contributed by atoms with Crippen LogP contribution >= 0.6 is 0 Å². The molecule has 0 aliphatic heterocycles. The Kier molecular flexibility index (Phi) is 4.50. The zero-order valence-corrected chi connectivity index (χ0v) is 11.0. The van der Waals surface area contributed by atoms with Crippen LogP contribution in [0.5, 0.6) is 5.75 Å². The molecule has 0 aromatic heterocycles. The highest BCUT2D eigenvalue weighted by Gasteiger charge is 2.11. The van der Waals surface area contributed by atoms with E-state index in [-0.39, 0.29) is 12.4 Å². The van der Waals surface area contributed by atoms with Crippen LogP contribution in [0.1, 0.15) is 11.1 Å². The van der Waals surface area contributed by atoms with E-state index >= 15 is 0 Å². The van der Waals surface area contributed by atoms with Gasteiger partial charge in [0.25, 0.3) is 0 Å². The number of benzene rings is 2. The van der Waals surface area contributed by atoms with Gasteiger partial charge in [-0.15, -0.1) is 0 Å². The number of nitrogens with two attached hydrogens (primary N) is 1. The number of carbonyl (C=O) groups is 1. The molecule has 0 saturated heterocycles. The maximum absolute atomic E-state index is 11.2. The molecule has 0 aliphatic carbocycles. The smallest absolute Gasteiger partial charge is 0.137 e. The van der Waals surface area contributed by atoms with Crippen molar-refractivity contribution in [3.05, 3.63) is 53.6 Å². The number of aldehydes is 1. The summed E-state index contributed by atoms with van der Waals surface area (Å²) in [6.45, 7) is -0.353. The second-order valence-electron chi connectivity index (χ2n) is 4.66. The highest BCUT2D eigenvalue weighted by Crippen LogP contribution is 2.32. The zero-order valence-electron chi connectivity index (χ0n) is 11.0. The predicted molar refractivity (Wildman–Crippen MR) is 75.7 cm³/mol. The molecule has 0 unspecified atom stereocenters. The number of hydrogen-bond acceptors (Lipinski definition) is 3. The van der Waals surface area contributed by atoms with E-state index in [0.717, 1.165) is 5.56 Å². The van der Waals surface area contributed by atoms with E-state index in [4.69, 9.17) is 5.73 Å². The first-order chi connectivity index (χ1) is 9.65. The van der Waals surface area contributed by atoms with Gasteiger partial charge in [-0.05, 0) is 35.2 Å². The molecule has 0 amide bonds. The molecule has 0 fully saturated rings. The van der Waals surface area contributed by atoms with Crippen molar-refractivity contribution >= 4 is 6.29 Å². The van der Waals surface area contributed by atoms with Crippen molar-refractivity contribution in [1.82, 2.24) is 0 Å². The van der Waals surface area contributed by atoms with E-state index in [2.05, 4.69) is 0 Å². The molecule has 1 atom stereocenters. The van der Waals surface area contributed by atoms with Gasteiger partial charge in [-0.3, -0.25) is 0 Å². The Morgan fingerprint density at radius 3 is 2.60 bits per heavy atom. The molecule has 4 nitrogen and oxygen atoms in total. The Balaban J connectivity index is 2.45. The van der Waals surface area contributed by atoms with Gasteiger partial charge in [0.2, 0.25) is 0 Å². The summed E-state index contributed by atoms with van der Waals surface area (Å²) in [5.41, 5.74) is 8.38. The fourth-order valence-electron chi connectivity index (χ4n) is 2.16. The van der Waals surface area contributed by atoms with Crippen LogP contribution in [0.25, 0.3) is 11.1 Å². The van der Waals surface area contributed by atoms with Gasteiger partial charge < -0.3 is 15.6 Å². The highest BCUT2D eigenvalue weighted by molar-refractivity contribution is 5.73. The van der Waals surface area contributed by atoms with E-state index < -0.39 is 6.04 Å². The van der Waals surface area contributed by atoms with E-state index in [1.54, 1.807) is 36.4 Å². The average Bonchev–Trinajstić information content (AvgIpc) is 2.49. The highest BCUT2D eigenvalue weighted by atomic mass is 16.3. The summed E-state index contributed by atoms with van der Waals surface area (Å²) in [5, 5.41) is 21.2. The quantitative estimate of drug-likeness (QED) is 0.816. The Hall–Kier alpha value is -2.17. The van der Waals surface area contributed by atoms with Crippen LogP contribution in [-0.2, 0) is 22.9 Å². The second kappa shape index (κ2) is 6.32. The van der Waals surface area contributed by atoms with Crippen LogP contribution < -0.4 is 5.73 Å². The summed E-state index contributed by atoms with van der Waals surface area (Å²) in [6.07, 6.45) is 1.09. The van der Waals surface area contributed by atoms with Crippen LogP contribution in [0.15, 0.2) is 42.5 Å². The molecule has 20 heavy (non-hydrogen) atoms. The molecule has 2 rings (SSSR count). The summed E-state index contributed by atoms with van der Waals surface area (Å²) in [4.78, 5) is 10.6. The summed E-state index contributed by atoms with van der Waals surface area (Å²) < 4.78 is 0. The zero-order chi connectivity index (χ0) is 14.5. The number of phenols is 1. The monoisotopic (exact) mass is 270 g/mol. The van der Waals surface area contributed by atoms with Crippen LogP contribution in [0, 0.1) is 0 Å². The van der Waals surface area contributed by atoms with Gasteiger partial charge in [0, 0.05) is 5.56 Å². The Labute approximate surface area is 117 Å². The Morgan fingerprint density at radius 1 is 1.15 bits per heavy atom. The number of hydrogen-bond donors (Lipinski definition) is 2. The summed E-state index contributed by atoms with van der Waals surface area (Å²) >= 11 is 0. The maximum Gasteiger partial charge on any atom is 0.137 e. The van der Waals surface area contributed by atoms with Crippen molar-refractivity contribution in [3.63, 3.8) is 0 Å². The molecular formula is C16H16NO3. The second-order valence-corrected chi connectivity index (χ2v) is 4.66. The van der Waals surface area contributed by atoms with E-state index in [1.807, 2.05) is 6.07 Å². The molecular weight excluding hydrogens is 254 g/mol. The molecule has 0 spiro atoms. The van der Waals surface area contributed by atoms with Crippen LogP contribution in [-0.4, -0.2) is 17.4 Å². The normalized spacial score (nSPS) is 12.1. The Bertz CT molecular complexity index is 610.